The Balaban J connectivity index is 1.77. The Morgan fingerprint density at radius 3 is 2.84 bits per heavy atom. The largest absolute Gasteiger partial charge is 0.464 e. The predicted octanol–water partition coefficient (Wildman–Crippen LogP) is 3.77. The topological polar surface area (TPSA) is 61.2 Å². The van der Waals surface area contributed by atoms with Crippen LogP contribution in [0.5, 0.6) is 0 Å². The fraction of sp³-hybridized carbons (Fsp3) is 0.632. The monoisotopic (exact) mass is 362 g/mol. The lowest BCUT2D eigenvalue weighted by Gasteiger charge is -2.12. The number of carbonyl (C=O) groups is 1. The second kappa shape index (κ2) is 8.13. The average Bonchev–Trinajstić information content (AvgIpc) is 2.96. The predicted molar refractivity (Wildman–Crippen MR) is 100 cm³/mol. The number of aromatic nitrogens is 2. The molecule has 0 atom stereocenters. The van der Waals surface area contributed by atoms with Gasteiger partial charge in [0, 0.05) is 4.88 Å². The number of carbonyl (C=O) groups excluding carboxylic acids is 1. The first kappa shape index (κ1) is 18.1. The van der Waals surface area contributed by atoms with Crippen LogP contribution in [0.15, 0.2) is 4.79 Å². The number of nitrogens with zero attached hydrogens (tertiary/aromatic N) is 2. The molecule has 2 aromatic heterocycles. The van der Waals surface area contributed by atoms with E-state index in [0.717, 1.165) is 60.7 Å². The summed E-state index contributed by atoms with van der Waals surface area (Å²) in [6, 6.07) is 0. The summed E-state index contributed by atoms with van der Waals surface area (Å²) in [7, 11) is 0. The molecule has 3 rings (SSSR count). The van der Waals surface area contributed by atoms with Crippen LogP contribution in [0, 0.1) is 6.92 Å². The number of unbranched alkanes of at least 4 members (excludes halogenated alkanes) is 3. The van der Waals surface area contributed by atoms with Crippen LogP contribution in [-0.4, -0.2) is 22.1 Å². The number of fused-ring (bicyclic) bond motifs is 3. The molecule has 0 saturated heterocycles. The fourth-order valence-corrected chi connectivity index (χ4v) is 4.71. The maximum atomic E-state index is 13.0. The maximum absolute atomic E-state index is 13.0. The molecular weight excluding hydrogens is 336 g/mol. The lowest BCUT2D eigenvalue weighted by atomic mass is 9.97. The van der Waals surface area contributed by atoms with Gasteiger partial charge in [-0.15, -0.1) is 11.3 Å². The van der Waals surface area contributed by atoms with Gasteiger partial charge in [0.1, 0.15) is 17.2 Å². The first-order chi connectivity index (χ1) is 12.1. The van der Waals surface area contributed by atoms with Gasteiger partial charge in [0.15, 0.2) is 0 Å². The molecule has 0 aromatic carbocycles. The molecule has 0 radical (unpaired) electrons. The minimum Gasteiger partial charge on any atom is -0.464 e. The molecule has 0 bridgehead atoms. The highest BCUT2D eigenvalue weighted by Gasteiger charge is 2.22. The van der Waals surface area contributed by atoms with E-state index in [1.165, 1.54) is 15.9 Å². The number of aryl methyl sites for hydroxylation is 3. The number of esters is 1. The summed E-state index contributed by atoms with van der Waals surface area (Å²) < 4.78 is 6.76. The Kier molecular flexibility index (Phi) is 5.89. The standard InChI is InChI=1S/C19H26N2O3S/c1-3-4-5-8-11-24-16(22)12-21-13(2)20-18-17(19(21)23)14-9-6-7-10-15(14)25-18/h3-12H2,1-2H3. The Morgan fingerprint density at radius 2 is 2.04 bits per heavy atom. The highest BCUT2D eigenvalue weighted by molar-refractivity contribution is 7.18. The van der Waals surface area contributed by atoms with E-state index in [0.29, 0.717) is 12.4 Å². The summed E-state index contributed by atoms with van der Waals surface area (Å²) in [5.74, 6) is 0.228. The molecule has 2 heterocycles. The molecule has 25 heavy (non-hydrogen) atoms. The number of rotatable bonds is 7. The van der Waals surface area contributed by atoms with E-state index in [4.69, 9.17) is 4.74 Å². The molecule has 0 spiro atoms. The van der Waals surface area contributed by atoms with Crippen molar-refractivity contribution in [2.75, 3.05) is 6.61 Å². The number of thiophene rings is 1. The third-order valence-electron chi connectivity index (χ3n) is 4.81. The molecule has 1 aliphatic rings. The van der Waals surface area contributed by atoms with Crippen LogP contribution in [-0.2, 0) is 28.9 Å². The molecule has 0 fully saturated rings. The van der Waals surface area contributed by atoms with Gasteiger partial charge in [0.2, 0.25) is 0 Å². The highest BCUT2D eigenvalue weighted by Crippen LogP contribution is 2.33. The van der Waals surface area contributed by atoms with E-state index < -0.39 is 0 Å². The normalized spacial score (nSPS) is 13.8. The van der Waals surface area contributed by atoms with Crippen molar-refractivity contribution >= 4 is 27.5 Å². The van der Waals surface area contributed by atoms with Crippen LogP contribution in [0.4, 0.5) is 0 Å². The molecule has 0 N–H and O–H groups in total. The van der Waals surface area contributed by atoms with Gasteiger partial charge in [-0.25, -0.2) is 4.98 Å². The van der Waals surface area contributed by atoms with Crippen molar-refractivity contribution in [3.8, 4) is 0 Å². The van der Waals surface area contributed by atoms with Crippen molar-refractivity contribution in [1.82, 2.24) is 9.55 Å². The third kappa shape index (κ3) is 3.94. The van der Waals surface area contributed by atoms with E-state index in [1.807, 2.05) is 0 Å². The summed E-state index contributed by atoms with van der Waals surface area (Å²) >= 11 is 1.64. The smallest absolute Gasteiger partial charge is 0.326 e. The van der Waals surface area contributed by atoms with E-state index >= 15 is 0 Å². The fourth-order valence-electron chi connectivity index (χ4n) is 3.42. The van der Waals surface area contributed by atoms with Gasteiger partial charge in [-0.2, -0.15) is 0 Å². The Morgan fingerprint density at radius 1 is 1.24 bits per heavy atom. The van der Waals surface area contributed by atoms with Crippen LogP contribution in [0.25, 0.3) is 10.2 Å². The molecule has 136 valence electrons. The Bertz CT molecular complexity index is 822. The van der Waals surface area contributed by atoms with Crippen molar-refractivity contribution < 1.29 is 9.53 Å². The van der Waals surface area contributed by atoms with Crippen molar-refractivity contribution in [3.63, 3.8) is 0 Å². The van der Waals surface area contributed by atoms with E-state index in [-0.39, 0.29) is 18.1 Å². The van der Waals surface area contributed by atoms with Gasteiger partial charge in [-0.1, -0.05) is 26.2 Å². The summed E-state index contributed by atoms with van der Waals surface area (Å²) in [5, 5.41) is 0.723. The van der Waals surface area contributed by atoms with Crippen molar-refractivity contribution in [3.05, 3.63) is 26.6 Å². The molecule has 0 amide bonds. The zero-order valence-corrected chi connectivity index (χ0v) is 15.9. The minimum atomic E-state index is -0.355. The SMILES string of the molecule is CCCCCCOC(=O)Cn1c(C)nc2sc3c(c2c1=O)CCCC3. The van der Waals surface area contributed by atoms with Gasteiger partial charge in [-0.3, -0.25) is 14.2 Å². The zero-order chi connectivity index (χ0) is 17.8. The van der Waals surface area contributed by atoms with Crippen LogP contribution in [0.1, 0.15) is 61.7 Å². The number of hydrogen-bond acceptors (Lipinski definition) is 5. The summed E-state index contributed by atoms with van der Waals surface area (Å²) in [6.45, 7) is 4.31. The molecule has 0 unspecified atom stereocenters. The van der Waals surface area contributed by atoms with Gasteiger partial charge < -0.3 is 4.74 Å². The molecule has 1 aliphatic carbocycles. The first-order valence-corrected chi connectivity index (χ1v) is 10.1. The molecule has 0 saturated carbocycles. The van der Waals surface area contributed by atoms with Gasteiger partial charge in [-0.05, 0) is 44.6 Å². The van der Waals surface area contributed by atoms with Gasteiger partial charge in [0.25, 0.3) is 5.56 Å². The zero-order valence-electron chi connectivity index (χ0n) is 15.1. The van der Waals surface area contributed by atoms with E-state index in [1.54, 1.807) is 18.3 Å². The summed E-state index contributed by atoms with van der Waals surface area (Å²) in [6.07, 6.45) is 8.52. The van der Waals surface area contributed by atoms with Crippen LogP contribution in [0.3, 0.4) is 0 Å². The first-order valence-electron chi connectivity index (χ1n) is 9.29. The highest BCUT2D eigenvalue weighted by atomic mass is 32.1. The molecule has 5 nitrogen and oxygen atoms in total. The van der Waals surface area contributed by atoms with Crippen molar-refractivity contribution in [1.29, 1.82) is 0 Å². The average molecular weight is 362 g/mol. The van der Waals surface area contributed by atoms with E-state index in [9.17, 15) is 9.59 Å². The molecule has 2 aromatic rings. The summed E-state index contributed by atoms with van der Waals surface area (Å²) in [5.41, 5.74) is 1.07. The van der Waals surface area contributed by atoms with Gasteiger partial charge in [0.05, 0.1) is 12.0 Å². The van der Waals surface area contributed by atoms with Crippen LogP contribution in [0.2, 0.25) is 0 Å². The second-order valence-electron chi connectivity index (χ2n) is 6.72. The van der Waals surface area contributed by atoms with E-state index in [2.05, 4.69) is 11.9 Å². The Labute approximate surface area is 152 Å². The van der Waals surface area contributed by atoms with Gasteiger partial charge >= 0.3 is 5.97 Å². The lowest BCUT2D eigenvalue weighted by Crippen LogP contribution is -2.28. The minimum absolute atomic E-state index is 0.0496. The van der Waals surface area contributed by atoms with Crippen molar-refractivity contribution in [2.24, 2.45) is 0 Å². The second-order valence-corrected chi connectivity index (χ2v) is 7.81. The summed E-state index contributed by atoms with van der Waals surface area (Å²) in [4.78, 5) is 31.8. The third-order valence-corrected chi connectivity index (χ3v) is 6.00. The Hall–Kier alpha value is -1.69. The molecular formula is C19H26N2O3S. The quantitative estimate of drug-likeness (QED) is 0.556. The number of ether oxygens (including phenoxy) is 1. The molecule has 6 heteroatoms. The maximum Gasteiger partial charge on any atom is 0.326 e. The van der Waals surface area contributed by atoms with Crippen molar-refractivity contribution in [2.45, 2.75) is 71.8 Å². The molecule has 0 aliphatic heterocycles. The lowest BCUT2D eigenvalue weighted by molar-refractivity contribution is -0.144. The van der Waals surface area contributed by atoms with Crippen LogP contribution < -0.4 is 5.56 Å². The van der Waals surface area contributed by atoms with Crippen LogP contribution >= 0.6 is 11.3 Å². The number of hydrogen-bond donors (Lipinski definition) is 0.